The van der Waals surface area contributed by atoms with Crippen LogP contribution in [-0.4, -0.2) is 37.0 Å². The van der Waals surface area contributed by atoms with E-state index in [1.165, 1.54) is 37.0 Å². The van der Waals surface area contributed by atoms with Crippen LogP contribution in [0.3, 0.4) is 0 Å². The summed E-state index contributed by atoms with van der Waals surface area (Å²) in [5.41, 5.74) is 0. The first-order valence-electron chi connectivity index (χ1n) is 11.3. The first-order chi connectivity index (χ1) is 11.8. The molecule has 0 aromatic carbocycles. The van der Waals surface area contributed by atoms with Crippen molar-refractivity contribution in [1.82, 2.24) is 0 Å². The molecule has 0 saturated carbocycles. The van der Waals surface area contributed by atoms with E-state index in [9.17, 15) is 0 Å². The molecule has 0 radical (unpaired) electrons. The van der Waals surface area contributed by atoms with Crippen LogP contribution in [0.15, 0.2) is 0 Å². The molecule has 0 nitrogen and oxygen atoms in total. The maximum Gasteiger partial charge on any atom is 0 e. The minimum Gasteiger partial charge on any atom is -0.106 e. The molecule has 170 valence electrons. The van der Waals surface area contributed by atoms with Crippen LogP contribution in [-0.2, 0) is 16.5 Å². The fourth-order valence-corrected chi connectivity index (χ4v) is 10.6. The third kappa shape index (κ3) is 27.4. The van der Waals surface area contributed by atoms with E-state index >= 15 is 0 Å². The van der Waals surface area contributed by atoms with Crippen LogP contribution in [0.1, 0.15) is 83.1 Å². The Kier molecular flexibility index (Phi) is 23.6. The van der Waals surface area contributed by atoms with E-state index < -0.39 is 0 Å². The Balaban J connectivity index is -0.000000411. The molecule has 0 aliphatic carbocycles. The Hall–Kier alpha value is 1.35. The van der Waals surface area contributed by atoms with Crippen molar-refractivity contribution in [2.45, 2.75) is 83.1 Å². The summed E-state index contributed by atoms with van der Waals surface area (Å²) in [6.07, 6.45) is 8.87. The molecule has 0 aliphatic heterocycles. The van der Waals surface area contributed by atoms with E-state index in [0.29, 0.717) is 15.8 Å². The molecule has 0 N–H and O–H groups in total. The standard InChI is InChI=1S/2C12H27P.Ni/c2*1-10(2)7-13(8-11(3)4)9-12(5)6;/h2*10-12H,7-9H2,1-6H3;. The summed E-state index contributed by atoms with van der Waals surface area (Å²) < 4.78 is 0. The van der Waals surface area contributed by atoms with Gasteiger partial charge in [-0.05, 0) is 72.5 Å². The van der Waals surface area contributed by atoms with Gasteiger partial charge in [-0.15, -0.1) is 15.8 Å². The van der Waals surface area contributed by atoms with Gasteiger partial charge >= 0.3 is 0 Å². The van der Waals surface area contributed by atoms with Gasteiger partial charge in [-0.25, -0.2) is 0 Å². The normalized spacial score (nSPS) is 12.0. The monoisotopic (exact) mass is 462 g/mol. The van der Waals surface area contributed by atoms with Gasteiger partial charge in [-0.2, -0.15) is 0 Å². The second kappa shape index (κ2) is 19.3. The average Bonchev–Trinajstić information content (AvgIpc) is 2.33. The minimum atomic E-state index is 0. The van der Waals surface area contributed by atoms with Gasteiger partial charge in [-0.3, -0.25) is 0 Å². The summed E-state index contributed by atoms with van der Waals surface area (Å²) in [7, 11) is 0.642. The molecule has 0 heterocycles. The number of hydrogen-bond acceptors (Lipinski definition) is 0. The van der Waals surface area contributed by atoms with Gasteiger partial charge in [0.05, 0.1) is 0 Å². The van der Waals surface area contributed by atoms with Crippen LogP contribution in [0.5, 0.6) is 0 Å². The van der Waals surface area contributed by atoms with E-state index in [-0.39, 0.29) is 16.5 Å². The smallest absolute Gasteiger partial charge is 0 e. The van der Waals surface area contributed by atoms with Crippen molar-refractivity contribution in [3.05, 3.63) is 0 Å². The maximum absolute atomic E-state index is 2.36. The van der Waals surface area contributed by atoms with Gasteiger partial charge in [0.25, 0.3) is 0 Å². The van der Waals surface area contributed by atoms with Crippen LogP contribution in [0.4, 0.5) is 0 Å². The van der Waals surface area contributed by atoms with Crippen molar-refractivity contribution in [3.63, 3.8) is 0 Å². The summed E-state index contributed by atoms with van der Waals surface area (Å²) in [6.45, 7) is 28.3. The zero-order valence-electron chi connectivity index (χ0n) is 20.9. The van der Waals surface area contributed by atoms with Gasteiger partial charge in [0.1, 0.15) is 0 Å². The Bertz CT molecular complexity index is 221. The number of hydrogen-bond donors (Lipinski definition) is 0. The molecule has 0 fully saturated rings. The number of rotatable bonds is 12. The third-order valence-corrected chi connectivity index (χ3v) is 11.2. The molecular formula is C24H54NiP2. The first kappa shape index (κ1) is 33.0. The summed E-state index contributed by atoms with van der Waals surface area (Å²) in [6, 6.07) is 0. The Morgan fingerprint density at radius 1 is 0.333 bits per heavy atom. The molecular weight excluding hydrogens is 409 g/mol. The van der Waals surface area contributed by atoms with Crippen LogP contribution in [0.2, 0.25) is 0 Å². The maximum atomic E-state index is 2.36. The van der Waals surface area contributed by atoms with E-state index in [1.54, 1.807) is 0 Å². The molecule has 27 heavy (non-hydrogen) atoms. The minimum absolute atomic E-state index is 0. The van der Waals surface area contributed by atoms with Gasteiger partial charge in [0.2, 0.25) is 0 Å². The topological polar surface area (TPSA) is 0 Å². The summed E-state index contributed by atoms with van der Waals surface area (Å²) in [5, 5.41) is 0. The van der Waals surface area contributed by atoms with E-state index in [1.807, 2.05) is 0 Å². The molecule has 0 atom stereocenters. The van der Waals surface area contributed by atoms with E-state index in [2.05, 4.69) is 83.1 Å². The van der Waals surface area contributed by atoms with Crippen LogP contribution < -0.4 is 0 Å². The second-order valence-electron chi connectivity index (χ2n) is 10.8. The van der Waals surface area contributed by atoms with Crippen LogP contribution in [0.25, 0.3) is 0 Å². The second-order valence-corrected chi connectivity index (χ2v) is 15.7. The molecule has 0 aromatic heterocycles. The Labute approximate surface area is 187 Å². The fourth-order valence-electron chi connectivity index (χ4n) is 3.55. The third-order valence-electron chi connectivity index (χ3n) is 3.74. The van der Waals surface area contributed by atoms with Gasteiger partial charge in [-0.1, -0.05) is 83.1 Å². The van der Waals surface area contributed by atoms with Crippen molar-refractivity contribution in [2.24, 2.45) is 35.5 Å². The largest absolute Gasteiger partial charge is 0.106 e. The molecule has 0 saturated heterocycles. The Morgan fingerprint density at radius 2 is 0.444 bits per heavy atom. The molecule has 0 spiro atoms. The van der Waals surface area contributed by atoms with Gasteiger partial charge in [0, 0.05) is 16.5 Å². The predicted molar refractivity (Wildman–Crippen MR) is 132 cm³/mol. The molecule has 0 aliphatic rings. The molecule has 0 amide bonds. The molecule has 0 unspecified atom stereocenters. The molecule has 0 bridgehead atoms. The van der Waals surface area contributed by atoms with E-state index in [0.717, 1.165) is 35.5 Å². The molecule has 0 rings (SSSR count). The van der Waals surface area contributed by atoms with Crippen molar-refractivity contribution >= 4 is 15.8 Å². The van der Waals surface area contributed by atoms with Crippen LogP contribution >= 0.6 is 15.8 Å². The van der Waals surface area contributed by atoms with Crippen molar-refractivity contribution in [2.75, 3.05) is 37.0 Å². The zero-order chi connectivity index (χ0) is 20.9. The van der Waals surface area contributed by atoms with Crippen molar-refractivity contribution < 1.29 is 16.5 Å². The average molecular weight is 463 g/mol. The Morgan fingerprint density at radius 3 is 0.519 bits per heavy atom. The summed E-state index contributed by atoms with van der Waals surface area (Å²) in [5.74, 6) is 5.35. The summed E-state index contributed by atoms with van der Waals surface area (Å²) >= 11 is 0. The van der Waals surface area contributed by atoms with Crippen molar-refractivity contribution in [3.8, 4) is 0 Å². The van der Waals surface area contributed by atoms with Gasteiger partial charge in [0.15, 0.2) is 0 Å². The van der Waals surface area contributed by atoms with Crippen LogP contribution in [0, 0.1) is 35.5 Å². The van der Waals surface area contributed by atoms with Crippen molar-refractivity contribution in [1.29, 1.82) is 0 Å². The van der Waals surface area contributed by atoms with E-state index in [4.69, 9.17) is 0 Å². The first-order valence-corrected chi connectivity index (χ1v) is 15.1. The molecule has 0 aromatic rings. The zero-order valence-corrected chi connectivity index (χ0v) is 23.7. The fraction of sp³-hybridized carbons (Fsp3) is 1.00. The van der Waals surface area contributed by atoms with Gasteiger partial charge < -0.3 is 0 Å². The summed E-state index contributed by atoms with van der Waals surface area (Å²) in [4.78, 5) is 0. The SMILES string of the molecule is CC(C)CP(CC(C)C)CC(C)C.CC(C)CP(CC(C)C)CC(C)C.[Ni]. The molecule has 3 heteroatoms. The predicted octanol–water partition coefficient (Wildman–Crippen LogP) is 8.87. The quantitative estimate of drug-likeness (QED) is 0.200.